The Balaban J connectivity index is 1.65. The number of carbonyl (C=O) groups excluding carboxylic acids is 2. The third-order valence-electron chi connectivity index (χ3n) is 5.90. The van der Waals surface area contributed by atoms with Crippen molar-refractivity contribution in [1.82, 2.24) is 4.98 Å². The molecular formula is C27H21NO3. The predicted molar refractivity (Wildman–Crippen MR) is 121 cm³/mol. The summed E-state index contributed by atoms with van der Waals surface area (Å²) in [7, 11) is 1.64. The predicted octanol–water partition coefficient (Wildman–Crippen LogP) is 5.38. The van der Waals surface area contributed by atoms with Gasteiger partial charge in [-0.2, -0.15) is 0 Å². The van der Waals surface area contributed by atoms with Gasteiger partial charge in [0.1, 0.15) is 5.75 Å². The van der Waals surface area contributed by atoms with E-state index in [0.717, 1.165) is 38.9 Å². The molecule has 31 heavy (non-hydrogen) atoms. The van der Waals surface area contributed by atoms with Crippen molar-refractivity contribution in [2.75, 3.05) is 7.11 Å². The molecule has 1 aliphatic carbocycles. The Labute approximate surface area is 180 Å². The molecule has 0 aliphatic heterocycles. The Morgan fingerprint density at radius 1 is 0.742 bits per heavy atom. The average molecular weight is 407 g/mol. The van der Waals surface area contributed by atoms with Crippen LogP contribution in [0.5, 0.6) is 5.75 Å². The number of hydrogen-bond acceptors (Lipinski definition) is 3. The van der Waals surface area contributed by atoms with Gasteiger partial charge in [0, 0.05) is 33.8 Å². The number of methoxy groups -OCH3 is 1. The number of carbonyl (C=O) groups is 2. The molecular weight excluding hydrogens is 386 g/mol. The number of benzene rings is 3. The number of allylic oxidation sites excluding steroid dienone is 1. The highest BCUT2D eigenvalue weighted by Gasteiger charge is 2.33. The first-order valence-electron chi connectivity index (χ1n) is 10.3. The number of hydrogen-bond donors (Lipinski definition) is 1. The first-order chi connectivity index (χ1) is 15.2. The smallest absolute Gasteiger partial charge is 0.233 e. The third kappa shape index (κ3) is 3.26. The molecule has 3 aromatic carbocycles. The van der Waals surface area contributed by atoms with Crippen molar-refractivity contribution in [2.45, 2.75) is 12.8 Å². The zero-order valence-electron chi connectivity index (χ0n) is 17.1. The number of aromatic nitrogens is 1. The van der Waals surface area contributed by atoms with Crippen molar-refractivity contribution in [1.29, 1.82) is 0 Å². The molecule has 4 heteroatoms. The quantitative estimate of drug-likeness (QED) is 0.452. The van der Waals surface area contributed by atoms with Crippen LogP contribution in [0.2, 0.25) is 0 Å². The maximum Gasteiger partial charge on any atom is 0.233 e. The van der Waals surface area contributed by atoms with E-state index in [2.05, 4.69) is 4.98 Å². The monoisotopic (exact) mass is 407 g/mol. The van der Waals surface area contributed by atoms with Crippen LogP contribution in [0.4, 0.5) is 0 Å². The second-order valence-corrected chi connectivity index (χ2v) is 7.65. The molecule has 5 rings (SSSR count). The molecule has 1 N–H and O–H groups in total. The van der Waals surface area contributed by atoms with E-state index in [9.17, 15) is 9.59 Å². The maximum atomic E-state index is 13.2. The Morgan fingerprint density at radius 3 is 2.23 bits per heavy atom. The molecule has 0 spiro atoms. The fourth-order valence-electron chi connectivity index (χ4n) is 4.32. The summed E-state index contributed by atoms with van der Waals surface area (Å²) in [6, 6.07) is 23.2. The normalized spacial score (nSPS) is 13.6. The van der Waals surface area contributed by atoms with E-state index in [4.69, 9.17) is 4.74 Å². The van der Waals surface area contributed by atoms with Crippen molar-refractivity contribution >= 4 is 28.0 Å². The molecule has 1 heterocycles. The summed E-state index contributed by atoms with van der Waals surface area (Å²) in [4.78, 5) is 29.4. The lowest BCUT2D eigenvalue weighted by atomic mass is 9.79. The minimum Gasteiger partial charge on any atom is -0.497 e. The lowest BCUT2D eigenvalue weighted by Crippen LogP contribution is -2.24. The molecule has 0 saturated heterocycles. The van der Waals surface area contributed by atoms with Gasteiger partial charge in [0.15, 0.2) is 0 Å². The molecule has 1 aromatic heterocycles. The fourth-order valence-corrected chi connectivity index (χ4v) is 4.32. The van der Waals surface area contributed by atoms with Crippen LogP contribution in [0.1, 0.15) is 33.5 Å². The molecule has 0 atom stereocenters. The minimum absolute atomic E-state index is 0.410. The molecule has 0 bridgehead atoms. The Morgan fingerprint density at radius 2 is 1.45 bits per heavy atom. The van der Waals surface area contributed by atoms with Gasteiger partial charge < -0.3 is 9.72 Å². The van der Waals surface area contributed by atoms with Crippen LogP contribution in [-0.2, 0) is 11.2 Å². The fraction of sp³-hybridized carbons (Fsp3) is 0.111. The zero-order valence-corrected chi connectivity index (χ0v) is 17.1. The van der Waals surface area contributed by atoms with E-state index in [0.29, 0.717) is 24.0 Å². The van der Waals surface area contributed by atoms with E-state index in [1.54, 1.807) is 19.2 Å². The Hall–Kier alpha value is -3.92. The standard InChI is InChI=1S/C27H21NO3/c1-31-18-13-10-17(11-14-18)12-15-22-25(23-16-28-24-9-5-4-6-19(23)24)20-7-2-3-8-21(20)26(29)27(22)30/h2-11,13-14,16,28H,12,15H2,1H3. The number of Topliss-reactive ketones (excluding diaryl/α,β-unsaturated/α-hetero) is 2. The van der Waals surface area contributed by atoms with Crippen LogP contribution in [0.15, 0.2) is 84.6 Å². The number of aromatic amines is 1. The zero-order chi connectivity index (χ0) is 21.4. The van der Waals surface area contributed by atoms with E-state index >= 15 is 0 Å². The van der Waals surface area contributed by atoms with Crippen LogP contribution in [0, 0.1) is 0 Å². The molecule has 152 valence electrons. The summed E-state index contributed by atoms with van der Waals surface area (Å²) in [5.41, 5.74) is 5.76. The van der Waals surface area contributed by atoms with Crippen molar-refractivity contribution in [3.05, 3.63) is 107 Å². The lowest BCUT2D eigenvalue weighted by molar-refractivity contribution is -0.112. The highest BCUT2D eigenvalue weighted by Crippen LogP contribution is 2.39. The SMILES string of the molecule is COc1ccc(CCC2=C(c3c[nH]c4ccccc34)c3ccccc3C(=O)C2=O)cc1. The van der Waals surface area contributed by atoms with Crippen molar-refractivity contribution in [2.24, 2.45) is 0 Å². The first kappa shape index (κ1) is 19.1. The van der Waals surface area contributed by atoms with Crippen LogP contribution < -0.4 is 4.74 Å². The van der Waals surface area contributed by atoms with E-state index < -0.39 is 11.6 Å². The Kier molecular flexibility index (Phi) is 4.75. The van der Waals surface area contributed by atoms with Gasteiger partial charge in [-0.15, -0.1) is 0 Å². The number of ketones is 2. The lowest BCUT2D eigenvalue weighted by Gasteiger charge is -2.22. The number of nitrogens with one attached hydrogen (secondary N) is 1. The highest BCUT2D eigenvalue weighted by atomic mass is 16.5. The summed E-state index contributed by atoms with van der Waals surface area (Å²) in [6.45, 7) is 0. The number of rotatable bonds is 5. The number of para-hydroxylation sites is 1. The van der Waals surface area contributed by atoms with Gasteiger partial charge in [-0.25, -0.2) is 0 Å². The summed E-state index contributed by atoms with van der Waals surface area (Å²) < 4.78 is 5.23. The van der Waals surface area contributed by atoms with Crippen LogP contribution in [0.25, 0.3) is 16.5 Å². The van der Waals surface area contributed by atoms with Gasteiger partial charge in [-0.3, -0.25) is 9.59 Å². The number of aryl methyl sites for hydroxylation is 1. The van der Waals surface area contributed by atoms with Gasteiger partial charge in [-0.05, 0) is 47.7 Å². The van der Waals surface area contributed by atoms with Gasteiger partial charge in [0.25, 0.3) is 0 Å². The second kappa shape index (κ2) is 7.73. The van der Waals surface area contributed by atoms with E-state index in [-0.39, 0.29) is 0 Å². The summed E-state index contributed by atoms with van der Waals surface area (Å²) in [5.74, 6) is -0.0447. The molecule has 4 aromatic rings. The summed E-state index contributed by atoms with van der Waals surface area (Å²) in [5, 5.41) is 1.04. The molecule has 4 nitrogen and oxygen atoms in total. The molecule has 0 fully saturated rings. The first-order valence-corrected chi connectivity index (χ1v) is 10.3. The highest BCUT2D eigenvalue weighted by molar-refractivity contribution is 6.53. The van der Waals surface area contributed by atoms with Crippen LogP contribution in [-0.4, -0.2) is 23.7 Å². The minimum atomic E-state index is -0.427. The van der Waals surface area contributed by atoms with Crippen LogP contribution >= 0.6 is 0 Å². The number of ether oxygens (including phenoxy) is 1. The maximum absolute atomic E-state index is 13.2. The molecule has 0 amide bonds. The van der Waals surface area contributed by atoms with Crippen molar-refractivity contribution < 1.29 is 14.3 Å². The number of H-pyrrole nitrogens is 1. The summed E-state index contributed by atoms with van der Waals surface area (Å²) >= 11 is 0. The van der Waals surface area contributed by atoms with Crippen molar-refractivity contribution in [3.63, 3.8) is 0 Å². The summed E-state index contributed by atoms with van der Waals surface area (Å²) in [6.07, 6.45) is 3.08. The van der Waals surface area contributed by atoms with Gasteiger partial charge >= 0.3 is 0 Å². The topological polar surface area (TPSA) is 59.2 Å². The van der Waals surface area contributed by atoms with E-state index in [1.165, 1.54) is 0 Å². The Bertz CT molecular complexity index is 1340. The van der Waals surface area contributed by atoms with Gasteiger partial charge in [0.2, 0.25) is 11.6 Å². The average Bonchev–Trinajstić information content (AvgIpc) is 3.24. The van der Waals surface area contributed by atoms with Crippen LogP contribution in [0.3, 0.4) is 0 Å². The van der Waals surface area contributed by atoms with Crippen molar-refractivity contribution in [3.8, 4) is 5.75 Å². The molecule has 1 aliphatic rings. The third-order valence-corrected chi connectivity index (χ3v) is 5.90. The van der Waals surface area contributed by atoms with Gasteiger partial charge in [0.05, 0.1) is 7.11 Å². The van der Waals surface area contributed by atoms with Gasteiger partial charge in [-0.1, -0.05) is 54.6 Å². The second-order valence-electron chi connectivity index (χ2n) is 7.65. The number of fused-ring (bicyclic) bond motifs is 2. The van der Waals surface area contributed by atoms with E-state index in [1.807, 2.05) is 66.9 Å². The largest absolute Gasteiger partial charge is 0.497 e. The molecule has 0 radical (unpaired) electrons. The molecule has 0 saturated carbocycles. The molecule has 0 unspecified atom stereocenters.